The van der Waals surface area contributed by atoms with E-state index in [0.29, 0.717) is 0 Å². The molecule has 20 heavy (non-hydrogen) atoms. The Hall–Kier alpha value is -1.20. The lowest BCUT2D eigenvalue weighted by Crippen LogP contribution is -2.47. The third-order valence-corrected chi connectivity index (χ3v) is 4.65. The van der Waals surface area contributed by atoms with E-state index in [0.717, 1.165) is 30.1 Å². The SMILES string of the molecule is CC(O)c1ccc(NC(=O)N2CCSC(C)(C)C2)cc1. The highest BCUT2D eigenvalue weighted by molar-refractivity contribution is 8.00. The summed E-state index contributed by atoms with van der Waals surface area (Å²) >= 11 is 1.90. The number of amides is 2. The molecule has 5 heteroatoms. The number of nitrogens with one attached hydrogen (secondary N) is 1. The van der Waals surface area contributed by atoms with Crippen molar-refractivity contribution in [2.45, 2.75) is 31.6 Å². The number of urea groups is 1. The summed E-state index contributed by atoms with van der Waals surface area (Å²) in [7, 11) is 0. The normalized spacial score (nSPS) is 19.5. The highest BCUT2D eigenvalue weighted by Crippen LogP contribution is 2.29. The molecule has 4 nitrogen and oxygen atoms in total. The summed E-state index contributed by atoms with van der Waals surface area (Å²) in [5.74, 6) is 0.974. The van der Waals surface area contributed by atoms with Crippen LogP contribution >= 0.6 is 11.8 Å². The van der Waals surface area contributed by atoms with Gasteiger partial charge in [0.25, 0.3) is 0 Å². The number of nitrogens with zero attached hydrogens (tertiary/aromatic N) is 1. The van der Waals surface area contributed by atoms with Gasteiger partial charge in [-0.2, -0.15) is 11.8 Å². The van der Waals surface area contributed by atoms with Crippen molar-refractivity contribution in [1.82, 2.24) is 4.90 Å². The summed E-state index contributed by atoms with van der Waals surface area (Å²) in [6.45, 7) is 7.59. The molecule has 1 atom stereocenters. The van der Waals surface area contributed by atoms with E-state index < -0.39 is 6.10 Å². The monoisotopic (exact) mass is 294 g/mol. The van der Waals surface area contributed by atoms with Crippen molar-refractivity contribution in [2.24, 2.45) is 0 Å². The standard InChI is InChI=1S/C15H22N2O2S/c1-11(18)12-4-6-13(7-5-12)16-14(19)17-8-9-20-15(2,3)10-17/h4-7,11,18H,8-10H2,1-3H3,(H,16,19). The van der Waals surface area contributed by atoms with E-state index in [1.165, 1.54) is 0 Å². The first kappa shape index (κ1) is 15.2. The van der Waals surface area contributed by atoms with Crippen LogP contribution in [0.25, 0.3) is 0 Å². The van der Waals surface area contributed by atoms with E-state index >= 15 is 0 Å². The van der Waals surface area contributed by atoms with E-state index in [9.17, 15) is 9.90 Å². The van der Waals surface area contributed by atoms with Crippen molar-refractivity contribution in [1.29, 1.82) is 0 Å². The van der Waals surface area contributed by atoms with Gasteiger partial charge in [0.1, 0.15) is 0 Å². The van der Waals surface area contributed by atoms with Gasteiger partial charge in [-0.1, -0.05) is 12.1 Å². The minimum Gasteiger partial charge on any atom is -0.389 e. The molecule has 1 aliphatic heterocycles. The zero-order chi connectivity index (χ0) is 14.8. The molecular formula is C15H22N2O2S. The first-order chi connectivity index (χ1) is 9.37. The lowest BCUT2D eigenvalue weighted by atomic mass is 10.1. The molecule has 1 aliphatic rings. The number of hydrogen-bond donors (Lipinski definition) is 2. The molecular weight excluding hydrogens is 272 g/mol. The van der Waals surface area contributed by atoms with Crippen LogP contribution in [0.15, 0.2) is 24.3 Å². The lowest BCUT2D eigenvalue weighted by Gasteiger charge is -2.37. The molecule has 0 bridgehead atoms. The molecule has 0 saturated carbocycles. The summed E-state index contributed by atoms with van der Waals surface area (Å²) < 4.78 is 0.117. The third kappa shape index (κ3) is 3.90. The first-order valence-corrected chi connectivity index (χ1v) is 7.84. The van der Waals surface area contributed by atoms with Crippen LogP contribution < -0.4 is 5.32 Å². The number of aliphatic hydroxyl groups is 1. The van der Waals surface area contributed by atoms with Gasteiger partial charge in [0.15, 0.2) is 0 Å². The second-order valence-corrected chi connectivity index (χ2v) is 7.56. The van der Waals surface area contributed by atoms with Crippen LogP contribution in [0.2, 0.25) is 0 Å². The molecule has 2 rings (SSSR count). The second-order valence-electron chi connectivity index (χ2n) is 5.76. The molecule has 0 radical (unpaired) electrons. The minimum atomic E-state index is -0.486. The van der Waals surface area contributed by atoms with Gasteiger partial charge in [0.05, 0.1) is 6.10 Å². The average molecular weight is 294 g/mol. The third-order valence-electron chi connectivity index (χ3n) is 3.36. The number of benzene rings is 1. The van der Waals surface area contributed by atoms with Crippen molar-refractivity contribution >= 4 is 23.5 Å². The van der Waals surface area contributed by atoms with E-state index in [2.05, 4.69) is 19.2 Å². The topological polar surface area (TPSA) is 52.6 Å². The number of thioether (sulfide) groups is 1. The van der Waals surface area contributed by atoms with Crippen LogP contribution in [-0.4, -0.2) is 39.6 Å². The molecule has 1 aromatic carbocycles. The van der Waals surface area contributed by atoms with Crippen molar-refractivity contribution in [3.63, 3.8) is 0 Å². The number of carbonyl (C=O) groups excluding carboxylic acids is 1. The molecule has 1 fully saturated rings. The summed E-state index contributed by atoms with van der Waals surface area (Å²) in [5.41, 5.74) is 1.61. The number of anilines is 1. The Kier molecular flexibility index (Phi) is 4.60. The average Bonchev–Trinajstić information content (AvgIpc) is 2.38. The Balaban J connectivity index is 1.97. The predicted molar refractivity (Wildman–Crippen MR) is 84.2 cm³/mol. The Morgan fingerprint density at radius 3 is 2.60 bits per heavy atom. The van der Waals surface area contributed by atoms with Crippen LogP contribution in [0.3, 0.4) is 0 Å². The fraction of sp³-hybridized carbons (Fsp3) is 0.533. The first-order valence-electron chi connectivity index (χ1n) is 6.85. The molecule has 0 aliphatic carbocycles. The van der Waals surface area contributed by atoms with Crippen LogP contribution in [0.4, 0.5) is 10.5 Å². The van der Waals surface area contributed by atoms with E-state index in [1.54, 1.807) is 6.92 Å². The molecule has 1 aromatic rings. The Morgan fingerprint density at radius 1 is 1.40 bits per heavy atom. The van der Waals surface area contributed by atoms with Gasteiger partial charge in [-0.15, -0.1) is 0 Å². The number of aliphatic hydroxyl groups excluding tert-OH is 1. The van der Waals surface area contributed by atoms with Crippen LogP contribution in [0.5, 0.6) is 0 Å². The second kappa shape index (κ2) is 6.06. The van der Waals surface area contributed by atoms with Gasteiger partial charge in [0, 0.05) is 29.3 Å². The van der Waals surface area contributed by atoms with Crippen LogP contribution in [0, 0.1) is 0 Å². The van der Waals surface area contributed by atoms with Crippen molar-refractivity contribution in [3.8, 4) is 0 Å². The zero-order valence-corrected chi connectivity index (χ0v) is 13.0. The summed E-state index contributed by atoms with van der Waals surface area (Å²) in [6, 6.07) is 7.25. The van der Waals surface area contributed by atoms with E-state index in [4.69, 9.17) is 0 Å². The molecule has 1 saturated heterocycles. The van der Waals surface area contributed by atoms with Gasteiger partial charge < -0.3 is 15.3 Å². The maximum absolute atomic E-state index is 12.2. The molecule has 1 unspecified atom stereocenters. The van der Waals surface area contributed by atoms with Gasteiger partial charge >= 0.3 is 6.03 Å². The van der Waals surface area contributed by atoms with E-state index in [-0.39, 0.29) is 10.8 Å². The summed E-state index contributed by atoms with van der Waals surface area (Å²) in [5, 5.41) is 12.4. The summed E-state index contributed by atoms with van der Waals surface area (Å²) in [4.78, 5) is 14.1. The van der Waals surface area contributed by atoms with Crippen LogP contribution in [-0.2, 0) is 0 Å². The van der Waals surface area contributed by atoms with Gasteiger partial charge in [-0.05, 0) is 38.5 Å². The van der Waals surface area contributed by atoms with Crippen molar-refractivity contribution < 1.29 is 9.90 Å². The number of hydrogen-bond acceptors (Lipinski definition) is 3. The fourth-order valence-corrected chi connectivity index (χ4v) is 3.35. The number of carbonyl (C=O) groups is 1. The van der Waals surface area contributed by atoms with Gasteiger partial charge in [-0.25, -0.2) is 4.79 Å². The van der Waals surface area contributed by atoms with Crippen molar-refractivity contribution in [3.05, 3.63) is 29.8 Å². The minimum absolute atomic E-state index is 0.0526. The maximum Gasteiger partial charge on any atom is 0.321 e. The molecule has 110 valence electrons. The Labute approximate surface area is 124 Å². The van der Waals surface area contributed by atoms with E-state index in [1.807, 2.05) is 40.9 Å². The van der Waals surface area contributed by atoms with Crippen LogP contribution in [0.1, 0.15) is 32.4 Å². The molecule has 2 N–H and O–H groups in total. The summed E-state index contributed by atoms with van der Waals surface area (Å²) in [6.07, 6.45) is -0.486. The molecule has 0 spiro atoms. The predicted octanol–water partition coefficient (Wildman–Crippen LogP) is 3.10. The Bertz CT molecular complexity index is 471. The smallest absolute Gasteiger partial charge is 0.321 e. The molecule has 2 amide bonds. The Morgan fingerprint density at radius 2 is 2.05 bits per heavy atom. The highest BCUT2D eigenvalue weighted by atomic mass is 32.2. The highest BCUT2D eigenvalue weighted by Gasteiger charge is 2.29. The van der Waals surface area contributed by atoms with Crippen molar-refractivity contribution in [2.75, 3.05) is 24.2 Å². The fourth-order valence-electron chi connectivity index (χ4n) is 2.24. The largest absolute Gasteiger partial charge is 0.389 e. The quantitative estimate of drug-likeness (QED) is 0.881. The zero-order valence-electron chi connectivity index (χ0n) is 12.2. The maximum atomic E-state index is 12.2. The van der Waals surface area contributed by atoms with Gasteiger partial charge in [-0.3, -0.25) is 0 Å². The number of rotatable bonds is 2. The molecule has 0 aromatic heterocycles. The lowest BCUT2D eigenvalue weighted by molar-refractivity contribution is 0.199. The molecule has 1 heterocycles. The van der Waals surface area contributed by atoms with Gasteiger partial charge in [0.2, 0.25) is 0 Å².